The summed E-state index contributed by atoms with van der Waals surface area (Å²) < 4.78 is 0. The van der Waals surface area contributed by atoms with E-state index in [1.165, 1.54) is 0 Å². The van der Waals surface area contributed by atoms with Gasteiger partial charge in [0.25, 0.3) is 0 Å². The van der Waals surface area contributed by atoms with E-state index in [9.17, 15) is 0 Å². The fraction of sp³-hybridized carbons (Fsp3) is 0.600. The van der Waals surface area contributed by atoms with Crippen LogP contribution in [0.4, 0.5) is 0 Å². The van der Waals surface area contributed by atoms with Gasteiger partial charge in [-0.3, -0.25) is 0 Å². The van der Waals surface area contributed by atoms with Crippen LogP contribution in [-0.2, 0) is 0 Å². The third-order valence-corrected chi connectivity index (χ3v) is 0.628. The van der Waals surface area contributed by atoms with Crippen LogP contribution in [0.3, 0.4) is 0 Å². The lowest BCUT2D eigenvalue weighted by atomic mass is 10.4. The molecular formula is C5H12N2. The first-order chi connectivity index (χ1) is 3.27. The summed E-state index contributed by atoms with van der Waals surface area (Å²) >= 11 is 0. The Kier molecular flexibility index (Phi) is 3.42. The Morgan fingerprint density at radius 1 is 1.86 bits per heavy atom. The molecule has 2 nitrogen and oxygen atoms in total. The number of hydrogen-bond donors (Lipinski definition) is 2. The molecule has 0 aromatic rings. The van der Waals surface area contributed by atoms with Gasteiger partial charge in [0.1, 0.15) is 0 Å². The number of allylic oxidation sites excluding steroid dienone is 1. The molecule has 0 fully saturated rings. The zero-order valence-corrected chi connectivity index (χ0v) is 4.86. The third kappa shape index (κ3) is 5.50. The zero-order valence-electron chi connectivity index (χ0n) is 4.86. The molecular weight excluding hydrogens is 88.1 g/mol. The molecule has 0 rings (SSSR count). The van der Waals surface area contributed by atoms with Crippen molar-refractivity contribution in [2.75, 3.05) is 13.6 Å². The molecule has 3 N–H and O–H groups in total. The van der Waals surface area contributed by atoms with Gasteiger partial charge >= 0.3 is 0 Å². The van der Waals surface area contributed by atoms with E-state index in [0.29, 0.717) is 0 Å². The molecule has 0 radical (unpaired) electrons. The molecule has 0 bridgehead atoms. The van der Waals surface area contributed by atoms with Crippen LogP contribution in [0.15, 0.2) is 11.8 Å². The predicted octanol–water partition coefficient (Wildman–Crippen LogP) is 0.0683. The lowest BCUT2D eigenvalue weighted by Crippen LogP contribution is -2.06. The number of hydrogen-bond acceptors (Lipinski definition) is 2. The minimum absolute atomic E-state index is 0.863. The molecule has 0 spiro atoms. The summed E-state index contributed by atoms with van der Waals surface area (Å²) in [4.78, 5) is 0. The lowest BCUT2D eigenvalue weighted by molar-refractivity contribution is 0.911. The Labute approximate surface area is 44.4 Å². The van der Waals surface area contributed by atoms with Crippen molar-refractivity contribution in [2.24, 2.45) is 5.73 Å². The van der Waals surface area contributed by atoms with Crippen molar-refractivity contribution in [1.82, 2.24) is 5.32 Å². The van der Waals surface area contributed by atoms with E-state index >= 15 is 0 Å². The van der Waals surface area contributed by atoms with Crippen molar-refractivity contribution in [1.29, 1.82) is 0 Å². The average Bonchev–Trinajstić information content (AvgIpc) is 1.61. The van der Waals surface area contributed by atoms with Gasteiger partial charge in [-0.2, -0.15) is 0 Å². The molecule has 0 saturated carbocycles. The summed E-state index contributed by atoms with van der Waals surface area (Å²) in [5.41, 5.74) is 6.17. The van der Waals surface area contributed by atoms with Crippen LogP contribution in [0, 0.1) is 0 Å². The molecule has 2 heteroatoms. The first-order valence-corrected chi connectivity index (χ1v) is 2.34. The Bertz CT molecular complexity index is 62.5. The highest BCUT2D eigenvalue weighted by Gasteiger charge is 1.71. The molecule has 0 heterocycles. The van der Waals surface area contributed by atoms with E-state index in [1.54, 1.807) is 0 Å². The van der Waals surface area contributed by atoms with Crippen molar-refractivity contribution in [2.45, 2.75) is 6.92 Å². The molecule has 0 aliphatic rings. The highest BCUT2D eigenvalue weighted by molar-refractivity contribution is 4.92. The normalized spacial score (nSPS) is 12.0. The summed E-state index contributed by atoms with van der Waals surface area (Å²) in [6.45, 7) is 2.74. The molecule has 0 aliphatic carbocycles. The van der Waals surface area contributed by atoms with Crippen LogP contribution in [0.25, 0.3) is 0 Å². The molecule has 42 valence electrons. The Morgan fingerprint density at radius 3 is 2.57 bits per heavy atom. The van der Waals surface area contributed by atoms with E-state index in [4.69, 9.17) is 5.73 Å². The van der Waals surface area contributed by atoms with Gasteiger partial charge in [0.05, 0.1) is 0 Å². The van der Waals surface area contributed by atoms with Crippen molar-refractivity contribution >= 4 is 0 Å². The largest absolute Gasteiger partial charge is 0.402 e. The molecule has 0 amide bonds. The zero-order chi connectivity index (χ0) is 5.70. The van der Waals surface area contributed by atoms with E-state index in [2.05, 4.69) is 5.32 Å². The van der Waals surface area contributed by atoms with Crippen molar-refractivity contribution in [3.8, 4) is 0 Å². The Hall–Kier alpha value is -0.500. The topological polar surface area (TPSA) is 38.0 Å². The quantitative estimate of drug-likeness (QED) is 0.515. The summed E-state index contributed by atoms with van der Waals surface area (Å²) in [5.74, 6) is 0. The number of nitrogens with two attached hydrogens (primary N) is 1. The monoisotopic (exact) mass is 100 g/mol. The highest BCUT2D eigenvalue weighted by atomic mass is 14.8. The molecule has 0 unspecified atom stereocenters. The van der Waals surface area contributed by atoms with Crippen LogP contribution in [-0.4, -0.2) is 13.6 Å². The van der Waals surface area contributed by atoms with Crippen LogP contribution in [0.2, 0.25) is 0 Å². The number of rotatable bonds is 2. The van der Waals surface area contributed by atoms with Crippen molar-refractivity contribution in [3.05, 3.63) is 11.8 Å². The van der Waals surface area contributed by atoms with Gasteiger partial charge in [-0.25, -0.2) is 0 Å². The molecule has 0 saturated heterocycles. The van der Waals surface area contributed by atoms with E-state index in [-0.39, 0.29) is 0 Å². The van der Waals surface area contributed by atoms with E-state index in [0.717, 1.165) is 12.2 Å². The van der Waals surface area contributed by atoms with Gasteiger partial charge in [-0.15, -0.1) is 0 Å². The van der Waals surface area contributed by atoms with Gasteiger partial charge in [0.15, 0.2) is 0 Å². The summed E-state index contributed by atoms with van der Waals surface area (Å²) in [7, 11) is 1.89. The Morgan fingerprint density at radius 2 is 2.43 bits per heavy atom. The van der Waals surface area contributed by atoms with Gasteiger partial charge in [0.2, 0.25) is 0 Å². The smallest absolute Gasteiger partial charge is 0.0151 e. The number of likely N-dealkylation sites (N-methyl/N-ethyl adjacent to an activating group) is 1. The minimum atomic E-state index is 0.863. The standard InChI is InChI=1S/C5H12N2/c1-5(6)3-4-7-2/h3,7H,4,6H2,1-2H3/b5-3-. The third-order valence-electron chi connectivity index (χ3n) is 0.628. The van der Waals surface area contributed by atoms with Crippen LogP contribution in [0.5, 0.6) is 0 Å². The van der Waals surface area contributed by atoms with E-state index < -0.39 is 0 Å². The molecule has 0 aliphatic heterocycles. The highest BCUT2D eigenvalue weighted by Crippen LogP contribution is 1.73. The number of nitrogens with one attached hydrogen (secondary N) is 1. The molecule has 0 atom stereocenters. The van der Waals surface area contributed by atoms with Crippen LogP contribution in [0.1, 0.15) is 6.92 Å². The first-order valence-electron chi connectivity index (χ1n) is 2.34. The van der Waals surface area contributed by atoms with Crippen LogP contribution < -0.4 is 11.1 Å². The fourth-order valence-corrected chi connectivity index (χ4v) is 0.263. The van der Waals surface area contributed by atoms with E-state index in [1.807, 2.05) is 20.0 Å². The van der Waals surface area contributed by atoms with Crippen molar-refractivity contribution in [3.63, 3.8) is 0 Å². The average molecular weight is 100 g/mol. The minimum Gasteiger partial charge on any atom is -0.402 e. The maximum atomic E-state index is 5.30. The van der Waals surface area contributed by atoms with Crippen molar-refractivity contribution < 1.29 is 0 Å². The van der Waals surface area contributed by atoms with Gasteiger partial charge in [0, 0.05) is 12.2 Å². The lowest BCUT2D eigenvalue weighted by Gasteiger charge is -1.88. The molecule has 0 aromatic heterocycles. The van der Waals surface area contributed by atoms with Gasteiger partial charge < -0.3 is 11.1 Å². The maximum Gasteiger partial charge on any atom is 0.0151 e. The predicted molar refractivity (Wildman–Crippen MR) is 31.9 cm³/mol. The summed E-state index contributed by atoms with van der Waals surface area (Å²) in [5, 5.41) is 2.94. The van der Waals surface area contributed by atoms with Gasteiger partial charge in [-0.1, -0.05) is 6.08 Å². The molecule has 0 aromatic carbocycles. The SMILES string of the molecule is CNC/C=C(/C)N. The van der Waals surface area contributed by atoms with Gasteiger partial charge in [-0.05, 0) is 14.0 Å². The Balaban J connectivity index is 3.08. The maximum absolute atomic E-state index is 5.30. The summed E-state index contributed by atoms with van der Waals surface area (Å²) in [6, 6.07) is 0. The fourth-order valence-electron chi connectivity index (χ4n) is 0.263. The second kappa shape index (κ2) is 3.68. The molecule has 7 heavy (non-hydrogen) atoms. The first kappa shape index (κ1) is 6.50. The summed E-state index contributed by atoms with van der Waals surface area (Å²) in [6.07, 6.45) is 1.93. The van der Waals surface area contributed by atoms with Crippen LogP contribution >= 0.6 is 0 Å². The second-order valence-corrected chi connectivity index (χ2v) is 1.51. The second-order valence-electron chi connectivity index (χ2n) is 1.51.